The monoisotopic (exact) mass is 495 g/mol. The molecule has 1 aliphatic heterocycles. The molecule has 3 fully saturated rings. The number of rotatable bonds is 6. The summed E-state index contributed by atoms with van der Waals surface area (Å²) in [6.45, 7) is 2.21. The fraction of sp³-hybridized carbons (Fsp3) is 0.909. The summed E-state index contributed by atoms with van der Waals surface area (Å²) in [6, 6.07) is -0.340. The molecule has 0 aromatic rings. The zero-order valence-electron chi connectivity index (χ0n) is 19.7. The Morgan fingerprint density at radius 2 is 1.85 bits per heavy atom. The van der Waals surface area contributed by atoms with E-state index in [1.807, 2.05) is 6.92 Å². The average molecular weight is 496 g/mol. The lowest BCUT2D eigenvalue weighted by Gasteiger charge is -2.32. The van der Waals surface area contributed by atoms with Gasteiger partial charge in [0, 0.05) is 43.9 Å². The van der Waals surface area contributed by atoms with E-state index in [9.17, 15) is 27.5 Å². The number of aliphatic hydroxyl groups is 1. The molecule has 3 aliphatic rings. The Hall–Kier alpha value is -1.50. The Labute approximate surface area is 197 Å². The highest BCUT2D eigenvalue weighted by molar-refractivity contribution is 5.98. The maximum Gasteiger partial charge on any atom is 0.391 e. The highest BCUT2D eigenvalue weighted by Crippen LogP contribution is 2.39. The van der Waals surface area contributed by atoms with Crippen molar-refractivity contribution in [2.75, 3.05) is 13.7 Å². The van der Waals surface area contributed by atoms with Gasteiger partial charge in [-0.3, -0.25) is 15.5 Å². The molecule has 5 unspecified atom stereocenters. The number of nitrogens with one attached hydrogen (secondary N) is 4. The molecule has 0 bridgehead atoms. The lowest BCUT2D eigenvalue weighted by Crippen LogP contribution is -2.49. The van der Waals surface area contributed by atoms with Gasteiger partial charge in [0.2, 0.25) is 5.91 Å². The van der Waals surface area contributed by atoms with Crippen molar-refractivity contribution in [2.45, 2.75) is 95.0 Å². The Morgan fingerprint density at radius 3 is 2.47 bits per heavy atom. The number of carbonyl (C=O) groups excluding carboxylic acids is 1. The highest BCUT2D eigenvalue weighted by Gasteiger charge is 2.43. The normalized spacial score (nSPS) is 36.2. The van der Waals surface area contributed by atoms with E-state index in [0.29, 0.717) is 25.9 Å². The second kappa shape index (κ2) is 12.0. The van der Waals surface area contributed by atoms with Gasteiger partial charge in [-0.15, -0.1) is 0 Å². The number of aliphatic imine (C=N–C) groups is 1. The summed E-state index contributed by atoms with van der Waals surface area (Å²) in [5.41, 5.74) is 6.12. The lowest BCUT2D eigenvalue weighted by molar-refractivity contribution is -0.184. The SMILES string of the molecule is COC[C@H](C)N/C(=N\C1CC(C2CCC(O)CC2F)NN1)NC(=O)C1CCC(C(F)(F)F)CC1. The van der Waals surface area contributed by atoms with Crippen LogP contribution >= 0.6 is 0 Å². The molecule has 5 N–H and O–H groups in total. The minimum Gasteiger partial charge on any atom is -0.393 e. The van der Waals surface area contributed by atoms with E-state index in [1.54, 1.807) is 7.11 Å². The van der Waals surface area contributed by atoms with E-state index < -0.39 is 36.5 Å². The number of amides is 1. The molecule has 34 heavy (non-hydrogen) atoms. The molecular formula is C22H37F4N5O3. The summed E-state index contributed by atoms with van der Waals surface area (Å²) >= 11 is 0. The van der Waals surface area contributed by atoms with E-state index in [1.165, 1.54) is 0 Å². The molecule has 8 nitrogen and oxygen atoms in total. The Kier molecular flexibility index (Phi) is 9.53. The van der Waals surface area contributed by atoms with Gasteiger partial charge < -0.3 is 15.2 Å². The summed E-state index contributed by atoms with van der Waals surface area (Å²) < 4.78 is 58.4. The number of nitrogens with zero attached hydrogens (tertiary/aromatic N) is 1. The van der Waals surface area contributed by atoms with E-state index >= 15 is 0 Å². The Bertz CT molecular complexity index is 703. The van der Waals surface area contributed by atoms with Crippen LogP contribution in [0.4, 0.5) is 17.6 Å². The van der Waals surface area contributed by atoms with Crippen LogP contribution in [-0.4, -0.2) is 67.4 Å². The van der Waals surface area contributed by atoms with Crippen molar-refractivity contribution in [1.82, 2.24) is 21.5 Å². The fourth-order valence-corrected chi connectivity index (χ4v) is 5.19. The van der Waals surface area contributed by atoms with E-state index in [2.05, 4.69) is 26.5 Å². The van der Waals surface area contributed by atoms with Crippen LogP contribution in [0, 0.1) is 17.8 Å². The van der Waals surface area contributed by atoms with Crippen LogP contribution in [0.1, 0.15) is 58.3 Å². The molecule has 1 heterocycles. The number of hydrogen-bond donors (Lipinski definition) is 5. The second-order valence-corrected chi connectivity index (χ2v) is 9.85. The summed E-state index contributed by atoms with van der Waals surface area (Å²) in [4.78, 5) is 17.4. The highest BCUT2D eigenvalue weighted by atomic mass is 19.4. The quantitative estimate of drug-likeness (QED) is 0.220. The van der Waals surface area contributed by atoms with Crippen molar-refractivity contribution in [3.8, 4) is 0 Å². The summed E-state index contributed by atoms with van der Waals surface area (Å²) in [7, 11) is 1.55. The van der Waals surface area contributed by atoms with Crippen LogP contribution in [0.15, 0.2) is 4.99 Å². The molecular weight excluding hydrogens is 458 g/mol. The first-order chi connectivity index (χ1) is 16.1. The fourth-order valence-electron chi connectivity index (χ4n) is 5.19. The molecule has 0 radical (unpaired) electrons. The minimum atomic E-state index is -4.22. The molecule has 3 rings (SSSR count). The Balaban J connectivity index is 1.60. The smallest absolute Gasteiger partial charge is 0.391 e. The van der Waals surface area contributed by atoms with Gasteiger partial charge in [-0.25, -0.2) is 14.8 Å². The topological polar surface area (TPSA) is 107 Å². The summed E-state index contributed by atoms with van der Waals surface area (Å²) in [6.07, 6.45) is -4.36. The number of guanidine groups is 1. The molecule has 12 heteroatoms. The molecule has 0 spiro atoms. The molecule has 2 saturated carbocycles. The van der Waals surface area contributed by atoms with Crippen LogP contribution in [0.25, 0.3) is 0 Å². The average Bonchev–Trinajstić information content (AvgIpc) is 3.21. The van der Waals surface area contributed by atoms with Crippen molar-refractivity contribution < 1.29 is 32.2 Å². The summed E-state index contributed by atoms with van der Waals surface area (Å²) in [5, 5.41) is 15.5. The zero-order chi connectivity index (χ0) is 24.9. The third kappa shape index (κ3) is 7.50. The van der Waals surface area contributed by atoms with Gasteiger partial charge in [0.15, 0.2) is 5.96 Å². The largest absolute Gasteiger partial charge is 0.393 e. The summed E-state index contributed by atoms with van der Waals surface area (Å²) in [5.74, 6) is -2.24. The minimum absolute atomic E-state index is 0.0577. The maximum atomic E-state index is 14.5. The molecule has 0 aromatic carbocycles. The van der Waals surface area contributed by atoms with Crippen molar-refractivity contribution in [2.24, 2.45) is 22.7 Å². The number of hydrazine groups is 1. The van der Waals surface area contributed by atoms with E-state index in [0.717, 1.165) is 0 Å². The Morgan fingerprint density at radius 1 is 1.15 bits per heavy atom. The van der Waals surface area contributed by atoms with Crippen LogP contribution in [0.2, 0.25) is 0 Å². The van der Waals surface area contributed by atoms with Crippen molar-refractivity contribution >= 4 is 11.9 Å². The van der Waals surface area contributed by atoms with Crippen LogP contribution in [-0.2, 0) is 9.53 Å². The van der Waals surface area contributed by atoms with Gasteiger partial charge in [-0.1, -0.05) is 0 Å². The number of halogens is 4. The third-order valence-corrected chi connectivity index (χ3v) is 7.11. The van der Waals surface area contributed by atoms with Crippen LogP contribution in [0.5, 0.6) is 0 Å². The van der Waals surface area contributed by atoms with Crippen molar-refractivity contribution in [1.29, 1.82) is 0 Å². The number of methoxy groups -OCH3 is 1. The molecule has 6 atom stereocenters. The number of carbonyl (C=O) groups is 1. The molecule has 1 saturated heterocycles. The molecule has 0 aromatic heterocycles. The standard InChI is InChI=1S/C22H37F4N5O3/c1-12(11-34-2)27-21(29-20(33)13-3-5-14(6-4-13)22(24,25)26)28-19-10-18(30-31-19)16-8-7-15(32)9-17(16)23/h12-19,30-32H,3-11H2,1-2H3,(H2,27,28,29,33)/t12-,13?,14?,15?,16?,17?,18?,19?/m0/s1. The second-order valence-electron chi connectivity index (χ2n) is 9.85. The van der Waals surface area contributed by atoms with Crippen molar-refractivity contribution in [3.05, 3.63) is 0 Å². The maximum absolute atomic E-state index is 14.5. The first kappa shape index (κ1) is 27.1. The molecule has 2 aliphatic carbocycles. The predicted molar refractivity (Wildman–Crippen MR) is 118 cm³/mol. The van der Waals surface area contributed by atoms with Crippen molar-refractivity contribution in [3.63, 3.8) is 0 Å². The van der Waals surface area contributed by atoms with Gasteiger partial charge in [-0.05, 0) is 45.4 Å². The number of alkyl halides is 4. The van der Waals surface area contributed by atoms with E-state index in [-0.39, 0.29) is 62.0 Å². The lowest BCUT2D eigenvalue weighted by atomic mass is 9.80. The van der Waals surface area contributed by atoms with Crippen LogP contribution in [0.3, 0.4) is 0 Å². The zero-order valence-corrected chi connectivity index (χ0v) is 19.7. The van der Waals surface area contributed by atoms with E-state index in [4.69, 9.17) is 4.74 Å². The van der Waals surface area contributed by atoms with Gasteiger partial charge in [-0.2, -0.15) is 13.2 Å². The van der Waals surface area contributed by atoms with Gasteiger partial charge >= 0.3 is 6.18 Å². The number of aliphatic hydroxyl groups excluding tert-OH is 1. The predicted octanol–water partition coefficient (Wildman–Crippen LogP) is 2.14. The van der Waals surface area contributed by atoms with Gasteiger partial charge in [0.1, 0.15) is 12.3 Å². The van der Waals surface area contributed by atoms with Crippen LogP contribution < -0.4 is 21.5 Å². The number of hydrogen-bond acceptors (Lipinski definition) is 6. The first-order valence-electron chi connectivity index (χ1n) is 12.1. The molecule has 1 amide bonds. The third-order valence-electron chi connectivity index (χ3n) is 7.11. The van der Waals surface area contributed by atoms with Gasteiger partial charge in [0.25, 0.3) is 0 Å². The first-order valence-corrected chi connectivity index (χ1v) is 12.1. The van der Waals surface area contributed by atoms with Gasteiger partial charge in [0.05, 0.1) is 18.6 Å². The number of ether oxygens (including phenoxy) is 1. The molecule has 196 valence electrons.